The minimum Gasteiger partial charge on any atom is -0.493 e. The number of fused-ring (bicyclic) bond motifs is 1. The van der Waals surface area contributed by atoms with E-state index in [1.54, 1.807) is 25.1 Å². The normalized spacial score (nSPS) is 11.2. The molecule has 7 nitrogen and oxygen atoms in total. The highest BCUT2D eigenvalue weighted by atomic mass is 35.5. The number of aromatic nitrogens is 2. The number of aryl methyl sites for hydroxylation is 1. The first kappa shape index (κ1) is 21.2. The molecule has 0 aliphatic carbocycles. The molecule has 0 aliphatic rings. The van der Waals surface area contributed by atoms with Crippen LogP contribution in [0.3, 0.4) is 0 Å². The van der Waals surface area contributed by atoms with Crippen LogP contribution in [0.4, 0.5) is 0 Å². The Morgan fingerprint density at radius 2 is 2.13 bits per heavy atom. The summed E-state index contributed by atoms with van der Waals surface area (Å²) in [5.41, 5.74) is 3.67. The van der Waals surface area contributed by atoms with Crippen molar-refractivity contribution in [2.75, 3.05) is 20.3 Å². The predicted octanol–water partition coefficient (Wildman–Crippen LogP) is 4.54. The summed E-state index contributed by atoms with van der Waals surface area (Å²) >= 11 is 6.34. The van der Waals surface area contributed by atoms with Crippen LogP contribution in [0.1, 0.15) is 23.9 Å². The Kier molecular flexibility index (Phi) is 6.60. The fourth-order valence-electron chi connectivity index (χ4n) is 2.87. The van der Waals surface area contributed by atoms with E-state index in [4.69, 9.17) is 25.8 Å². The Bertz CT molecular complexity index is 1160. The van der Waals surface area contributed by atoms with Gasteiger partial charge in [0.1, 0.15) is 11.9 Å². The molecule has 3 aromatic rings. The number of carbonyl (C=O) groups is 1. The number of ether oxygens (including phenoxy) is 3. The number of nitriles is 1. The van der Waals surface area contributed by atoms with Gasteiger partial charge in [-0.25, -0.2) is 9.78 Å². The second-order valence-corrected chi connectivity index (χ2v) is 6.81. The zero-order chi connectivity index (χ0) is 21.7. The number of H-pyrrole nitrogens is 1. The quantitative estimate of drug-likeness (QED) is 0.441. The summed E-state index contributed by atoms with van der Waals surface area (Å²) in [6, 6.07) is 11.3. The maximum Gasteiger partial charge on any atom is 0.344 e. The van der Waals surface area contributed by atoms with Gasteiger partial charge in [0.25, 0.3) is 0 Å². The van der Waals surface area contributed by atoms with E-state index in [1.807, 2.05) is 25.1 Å². The average Bonchev–Trinajstić information content (AvgIpc) is 3.13. The highest BCUT2D eigenvalue weighted by molar-refractivity contribution is 6.32. The van der Waals surface area contributed by atoms with Crippen LogP contribution in [0.5, 0.6) is 11.5 Å². The van der Waals surface area contributed by atoms with E-state index in [0.717, 1.165) is 16.6 Å². The Hall–Kier alpha value is -3.50. The number of hydrogen-bond donors (Lipinski definition) is 1. The van der Waals surface area contributed by atoms with Gasteiger partial charge >= 0.3 is 5.97 Å². The molecule has 0 fully saturated rings. The Morgan fingerprint density at radius 3 is 2.83 bits per heavy atom. The van der Waals surface area contributed by atoms with Crippen LogP contribution in [-0.2, 0) is 9.53 Å². The van der Waals surface area contributed by atoms with Crippen molar-refractivity contribution >= 4 is 40.3 Å². The first-order valence-corrected chi connectivity index (χ1v) is 9.57. The molecule has 3 rings (SSSR count). The standard InChI is InChI=1S/C22H20ClN3O4/c1-4-29-20(27)12-30-21-16(23)9-14(10-19(21)28-3)8-15(11-24)22-25-17-6-5-13(2)7-18(17)26-22/h5-10H,4,12H2,1-3H3,(H,25,26)/b15-8-. The first-order valence-electron chi connectivity index (χ1n) is 9.19. The summed E-state index contributed by atoms with van der Waals surface area (Å²) in [7, 11) is 1.46. The molecular weight excluding hydrogens is 406 g/mol. The lowest BCUT2D eigenvalue weighted by Crippen LogP contribution is -2.15. The Labute approximate surface area is 178 Å². The maximum atomic E-state index is 11.5. The number of imidazole rings is 1. The van der Waals surface area contributed by atoms with Crippen LogP contribution >= 0.6 is 11.6 Å². The number of methoxy groups -OCH3 is 1. The molecule has 0 bridgehead atoms. The Balaban J connectivity index is 1.93. The SMILES string of the molecule is CCOC(=O)COc1c(Cl)cc(/C=C(/C#N)c2nc3ccc(C)cc3[nH]2)cc1OC. The van der Waals surface area contributed by atoms with Crippen molar-refractivity contribution in [2.24, 2.45) is 0 Å². The van der Waals surface area contributed by atoms with Crippen LogP contribution in [0.25, 0.3) is 22.7 Å². The van der Waals surface area contributed by atoms with Crippen molar-refractivity contribution in [1.29, 1.82) is 5.26 Å². The zero-order valence-electron chi connectivity index (χ0n) is 16.8. The smallest absolute Gasteiger partial charge is 0.344 e. The summed E-state index contributed by atoms with van der Waals surface area (Å²) in [6.45, 7) is 3.67. The van der Waals surface area contributed by atoms with Gasteiger partial charge in [0.15, 0.2) is 18.1 Å². The zero-order valence-corrected chi connectivity index (χ0v) is 17.5. The first-order chi connectivity index (χ1) is 14.4. The number of nitrogens with one attached hydrogen (secondary N) is 1. The molecule has 2 aromatic carbocycles. The van der Waals surface area contributed by atoms with Crippen LogP contribution in [0.15, 0.2) is 30.3 Å². The fourth-order valence-corrected chi connectivity index (χ4v) is 3.14. The molecule has 1 aromatic heterocycles. The second-order valence-electron chi connectivity index (χ2n) is 6.40. The van der Waals surface area contributed by atoms with E-state index in [-0.39, 0.29) is 24.0 Å². The number of rotatable bonds is 7. The number of halogens is 1. The minimum absolute atomic E-state index is 0.224. The summed E-state index contributed by atoms with van der Waals surface area (Å²) in [4.78, 5) is 19.2. The van der Waals surface area contributed by atoms with Gasteiger partial charge in [0.05, 0.1) is 35.3 Å². The van der Waals surface area contributed by atoms with E-state index in [9.17, 15) is 10.1 Å². The number of allylic oxidation sites excluding steroid dienone is 1. The van der Waals surface area contributed by atoms with Crippen molar-refractivity contribution in [3.63, 3.8) is 0 Å². The molecule has 1 heterocycles. The summed E-state index contributed by atoms with van der Waals surface area (Å²) in [5, 5.41) is 9.89. The van der Waals surface area contributed by atoms with E-state index in [1.165, 1.54) is 7.11 Å². The van der Waals surface area contributed by atoms with E-state index >= 15 is 0 Å². The van der Waals surface area contributed by atoms with Gasteiger partial charge in [0.2, 0.25) is 0 Å². The van der Waals surface area contributed by atoms with E-state index < -0.39 is 5.97 Å². The molecule has 8 heteroatoms. The minimum atomic E-state index is -0.508. The molecule has 0 radical (unpaired) electrons. The third kappa shape index (κ3) is 4.73. The van der Waals surface area contributed by atoms with Crippen LogP contribution < -0.4 is 9.47 Å². The second kappa shape index (κ2) is 9.33. The summed E-state index contributed by atoms with van der Waals surface area (Å²) < 4.78 is 15.6. The molecule has 0 amide bonds. The lowest BCUT2D eigenvalue weighted by atomic mass is 10.1. The molecule has 30 heavy (non-hydrogen) atoms. The fraction of sp³-hybridized carbons (Fsp3) is 0.227. The molecule has 0 saturated heterocycles. The van der Waals surface area contributed by atoms with Gasteiger partial charge in [-0.2, -0.15) is 5.26 Å². The molecule has 0 saturated carbocycles. The van der Waals surface area contributed by atoms with Crippen LogP contribution in [0.2, 0.25) is 5.02 Å². The van der Waals surface area contributed by atoms with Crippen LogP contribution in [0, 0.1) is 18.3 Å². The largest absolute Gasteiger partial charge is 0.493 e. The van der Waals surface area contributed by atoms with Crippen LogP contribution in [-0.4, -0.2) is 36.3 Å². The number of nitrogens with zero attached hydrogens (tertiary/aromatic N) is 2. The van der Waals surface area contributed by atoms with Gasteiger partial charge in [-0.05, 0) is 55.3 Å². The number of carbonyl (C=O) groups excluding carboxylic acids is 1. The maximum absolute atomic E-state index is 11.5. The van der Waals surface area contributed by atoms with E-state index in [2.05, 4.69) is 16.0 Å². The number of aromatic amines is 1. The molecular formula is C22H20ClN3O4. The van der Waals surface area contributed by atoms with Crippen molar-refractivity contribution in [3.8, 4) is 17.6 Å². The predicted molar refractivity (Wildman–Crippen MR) is 114 cm³/mol. The van der Waals surface area contributed by atoms with Gasteiger partial charge in [-0.3, -0.25) is 0 Å². The molecule has 0 unspecified atom stereocenters. The summed E-state index contributed by atoms with van der Waals surface area (Å²) in [5.74, 6) is 0.500. The van der Waals surface area contributed by atoms with Gasteiger partial charge in [-0.15, -0.1) is 0 Å². The highest BCUT2D eigenvalue weighted by Crippen LogP contribution is 2.37. The molecule has 0 atom stereocenters. The lowest BCUT2D eigenvalue weighted by Gasteiger charge is -2.13. The van der Waals surface area contributed by atoms with Gasteiger partial charge in [0, 0.05) is 0 Å². The van der Waals surface area contributed by atoms with Gasteiger partial charge in [-0.1, -0.05) is 17.7 Å². The van der Waals surface area contributed by atoms with Crippen molar-refractivity contribution in [2.45, 2.75) is 13.8 Å². The van der Waals surface area contributed by atoms with Crippen molar-refractivity contribution in [1.82, 2.24) is 9.97 Å². The molecule has 0 spiro atoms. The third-order valence-electron chi connectivity index (χ3n) is 4.22. The molecule has 1 N–H and O–H groups in total. The number of benzene rings is 2. The topological polar surface area (TPSA) is 97.2 Å². The average molecular weight is 426 g/mol. The van der Waals surface area contributed by atoms with Crippen molar-refractivity contribution < 1.29 is 19.0 Å². The number of hydrogen-bond acceptors (Lipinski definition) is 6. The van der Waals surface area contributed by atoms with Crippen molar-refractivity contribution in [3.05, 3.63) is 52.3 Å². The van der Waals surface area contributed by atoms with Gasteiger partial charge < -0.3 is 19.2 Å². The van der Waals surface area contributed by atoms with E-state index in [0.29, 0.717) is 22.7 Å². The summed E-state index contributed by atoms with van der Waals surface area (Å²) in [6.07, 6.45) is 1.65. The monoisotopic (exact) mass is 425 g/mol. The lowest BCUT2D eigenvalue weighted by molar-refractivity contribution is -0.145. The molecule has 154 valence electrons. The number of esters is 1. The molecule has 0 aliphatic heterocycles. The Morgan fingerprint density at radius 1 is 1.33 bits per heavy atom. The highest BCUT2D eigenvalue weighted by Gasteiger charge is 2.15. The third-order valence-corrected chi connectivity index (χ3v) is 4.50.